The third-order valence-corrected chi connectivity index (χ3v) is 3.24. The van der Waals surface area contributed by atoms with Crippen LogP contribution in [-0.2, 0) is 0 Å². The maximum Gasteiger partial charge on any atom is 0.346 e. The van der Waals surface area contributed by atoms with Gasteiger partial charge in [-0.15, -0.1) is 11.3 Å². The van der Waals surface area contributed by atoms with E-state index in [1.165, 1.54) is 0 Å². The Labute approximate surface area is 86.0 Å². The predicted molar refractivity (Wildman–Crippen MR) is 54.6 cm³/mol. The van der Waals surface area contributed by atoms with Crippen LogP contribution in [0.15, 0.2) is 5.38 Å². The molecular formula is C9H13NO3S. The van der Waals surface area contributed by atoms with Crippen LogP contribution in [0, 0.1) is 6.92 Å². The molecule has 14 heavy (non-hydrogen) atoms. The number of carboxylic acid groups (broad SMARTS) is 1. The Balaban J connectivity index is 3.06. The molecule has 0 aliphatic carbocycles. The first-order chi connectivity index (χ1) is 6.45. The van der Waals surface area contributed by atoms with Gasteiger partial charge in [0, 0.05) is 0 Å². The number of hydrogen-bond acceptors (Lipinski definition) is 4. The lowest BCUT2D eigenvalue weighted by Gasteiger charge is -2.14. The summed E-state index contributed by atoms with van der Waals surface area (Å²) in [4.78, 5) is 11.0. The quantitative estimate of drug-likeness (QED) is 0.706. The zero-order valence-corrected chi connectivity index (χ0v) is 8.84. The van der Waals surface area contributed by atoms with Crippen molar-refractivity contribution in [3.05, 3.63) is 21.4 Å². The minimum absolute atomic E-state index is 0.288. The van der Waals surface area contributed by atoms with E-state index in [4.69, 9.17) is 10.8 Å². The minimum atomic E-state index is -0.948. The van der Waals surface area contributed by atoms with Gasteiger partial charge < -0.3 is 15.9 Å². The summed E-state index contributed by atoms with van der Waals surface area (Å²) in [5, 5.41) is 19.8. The standard InChI is InChI=1S/C9H13NO3S/c1-4-6(7(10)5(2)11)3-14-8(4)9(12)13/h3,5,7,11H,10H2,1-2H3,(H,12,13)/t5-,7+/m0/s1. The monoisotopic (exact) mass is 215 g/mol. The number of carboxylic acids is 1. The van der Waals surface area contributed by atoms with E-state index in [1.54, 1.807) is 19.2 Å². The Morgan fingerprint density at radius 1 is 1.64 bits per heavy atom. The van der Waals surface area contributed by atoms with Crippen LogP contribution in [0.1, 0.15) is 33.8 Å². The topological polar surface area (TPSA) is 83.5 Å². The van der Waals surface area contributed by atoms with Crippen molar-refractivity contribution >= 4 is 17.3 Å². The summed E-state index contributed by atoms with van der Waals surface area (Å²) in [7, 11) is 0. The minimum Gasteiger partial charge on any atom is -0.477 e. The lowest BCUT2D eigenvalue weighted by atomic mass is 10.0. The van der Waals surface area contributed by atoms with E-state index in [-0.39, 0.29) is 4.88 Å². The van der Waals surface area contributed by atoms with Gasteiger partial charge in [0.15, 0.2) is 0 Å². The summed E-state index contributed by atoms with van der Waals surface area (Å²) in [5.41, 5.74) is 7.08. The fraction of sp³-hybridized carbons (Fsp3) is 0.444. The second-order valence-corrected chi connectivity index (χ2v) is 4.10. The van der Waals surface area contributed by atoms with Crippen molar-refractivity contribution in [2.45, 2.75) is 26.0 Å². The molecular weight excluding hydrogens is 202 g/mol. The molecule has 0 aliphatic heterocycles. The molecule has 1 rings (SSSR count). The van der Waals surface area contributed by atoms with Gasteiger partial charge in [0.2, 0.25) is 0 Å². The largest absolute Gasteiger partial charge is 0.477 e. The van der Waals surface area contributed by atoms with Crippen molar-refractivity contribution in [3.8, 4) is 0 Å². The molecule has 5 heteroatoms. The van der Waals surface area contributed by atoms with Crippen LogP contribution < -0.4 is 5.73 Å². The van der Waals surface area contributed by atoms with Crippen LogP contribution in [0.4, 0.5) is 0 Å². The van der Waals surface area contributed by atoms with Gasteiger partial charge in [-0.2, -0.15) is 0 Å². The lowest BCUT2D eigenvalue weighted by molar-refractivity contribution is 0.0701. The van der Waals surface area contributed by atoms with Gasteiger partial charge in [0.1, 0.15) is 4.88 Å². The van der Waals surface area contributed by atoms with Crippen LogP contribution in [0.2, 0.25) is 0 Å². The maximum absolute atomic E-state index is 10.7. The number of aliphatic hydroxyl groups is 1. The maximum atomic E-state index is 10.7. The van der Waals surface area contributed by atoms with E-state index in [0.29, 0.717) is 11.1 Å². The molecule has 1 aromatic heterocycles. The molecule has 0 aliphatic rings. The van der Waals surface area contributed by atoms with Gasteiger partial charge in [-0.05, 0) is 30.4 Å². The molecule has 2 atom stereocenters. The van der Waals surface area contributed by atoms with Crippen LogP contribution >= 0.6 is 11.3 Å². The van der Waals surface area contributed by atoms with Crippen molar-refractivity contribution < 1.29 is 15.0 Å². The van der Waals surface area contributed by atoms with Crippen molar-refractivity contribution in [1.29, 1.82) is 0 Å². The van der Waals surface area contributed by atoms with Crippen LogP contribution in [0.25, 0.3) is 0 Å². The summed E-state index contributed by atoms with van der Waals surface area (Å²) in [6.45, 7) is 3.29. The number of thiophene rings is 1. The molecule has 1 aromatic rings. The molecule has 0 fully saturated rings. The molecule has 0 radical (unpaired) electrons. The van der Waals surface area contributed by atoms with E-state index in [2.05, 4.69) is 0 Å². The summed E-state index contributed by atoms with van der Waals surface area (Å²) in [6.07, 6.45) is -0.676. The van der Waals surface area contributed by atoms with Gasteiger partial charge in [-0.3, -0.25) is 0 Å². The molecule has 0 spiro atoms. The SMILES string of the molecule is Cc1c([C@H](N)[C@H](C)O)csc1C(=O)O. The van der Waals surface area contributed by atoms with Gasteiger partial charge in [0.05, 0.1) is 12.1 Å². The van der Waals surface area contributed by atoms with Gasteiger partial charge in [0.25, 0.3) is 0 Å². The molecule has 4 nitrogen and oxygen atoms in total. The highest BCUT2D eigenvalue weighted by atomic mass is 32.1. The molecule has 0 unspecified atom stereocenters. The van der Waals surface area contributed by atoms with Crippen molar-refractivity contribution in [2.75, 3.05) is 0 Å². The smallest absolute Gasteiger partial charge is 0.346 e. The fourth-order valence-corrected chi connectivity index (χ4v) is 2.20. The third-order valence-electron chi connectivity index (χ3n) is 2.15. The molecule has 0 bridgehead atoms. The normalized spacial score (nSPS) is 15.1. The Hall–Kier alpha value is -0.910. The fourth-order valence-electron chi connectivity index (χ4n) is 1.23. The third kappa shape index (κ3) is 1.95. The van der Waals surface area contributed by atoms with E-state index in [9.17, 15) is 9.90 Å². The van der Waals surface area contributed by atoms with Crippen molar-refractivity contribution in [2.24, 2.45) is 5.73 Å². The van der Waals surface area contributed by atoms with E-state index in [1.807, 2.05) is 0 Å². The van der Waals surface area contributed by atoms with Crippen LogP contribution in [0.3, 0.4) is 0 Å². The number of rotatable bonds is 3. The summed E-state index contributed by atoms with van der Waals surface area (Å²) in [6, 6.07) is -0.514. The summed E-state index contributed by atoms with van der Waals surface area (Å²) in [5.74, 6) is -0.948. The second kappa shape index (κ2) is 4.08. The Kier molecular flexibility index (Phi) is 3.25. The van der Waals surface area contributed by atoms with E-state index >= 15 is 0 Å². The molecule has 0 saturated carbocycles. The number of hydrogen-bond donors (Lipinski definition) is 3. The molecule has 78 valence electrons. The Bertz CT molecular complexity index is 346. The zero-order chi connectivity index (χ0) is 10.9. The Morgan fingerprint density at radius 3 is 2.57 bits per heavy atom. The van der Waals surface area contributed by atoms with E-state index < -0.39 is 18.1 Å². The Morgan fingerprint density at radius 2 is 2.21 bits per heavy atom. The van der Waals surface area contributed by atoms with Crippen LogP contribution in [0.5, 0.6) is 0 Å². The molecule has 0 amide bonds. The second-order valence-electron chi connectivity index (χ2n) is 3.22. The first-order valence-corrected chi connectivity index (χ1v) is 5.08. The summed E-state index contributed by atoms with van der Waals surface area (Å²) >= 11 is 1.14. The molecule has 1 heterocycles. The number of carbonyl (C=O) groups is 1. The number of nitrogens with two attached hydrogens (primary N) is 1. The average molecular weight is 215 g/mol. The zero-order valence-electron chi connectivity index (χ0n) is 8.02. The van der Waals surface area contributed by atoms with Gasteiger partial charge in [-0.25, -0.2) is 4.79 Å². The van der Waals surface area contributed by atoms with Crippen molar-refractivity contribution in [3.63, 3.8) is 0 Å². The van der Waals surface area contributed by atoms with E-state index in [0.717, 1.165) is 11.3 Å². The molecule has 0 aromatic carbocycles. The van der Waals surface area contributed by atoms with Crippen molar-refractivity contribution in [1.82, 2.24) is 0 Å². The molecule has 0 saturated heterocycles. The highest BCUT2D eigenvalue weighted by molar-refractivity contribution is 7.12. The van der Waals surface area contributed by atoms with Gasteiger partial charge >= 0.3 is 5.97 Å². The highest BCUT2D eigenvalue weighted by Crippen LogP contribution is 2.27. The predicted octanol–water partition coefficient (Wildman–Crippen LogP) is 1.14. The average Bonchev–Trinajstić information content (AvgIpc) is 2.45. The first-order valence-electron chi connectivity index (χ1n) is 4.20. The van der Waals surface area contributed by atoms with Crippen LogP contribution in [-0.4, -0.2) is 22.3 Å². The van der Waals surface area contributed by atoms with Gasteiger partial charge in [-0.1, -0.05) is 0 Å². The number of aliphatic hydroxyl groups excluding tert-OH is 1. The molecule has 4 N–H and O–H groups in total. The summed E-state index contributed by atoms with van der Waals surface area (Å²) < 4.78 is 0. The first kappa shape index (κ1) is 11.2. The lowest BCUT2D eigenvalue weighted by Crippen LogP contribution is -2.23. The highest BCUT2D eigenvalue weighted by Gasteiger charge is 2.20. The number of aromatic carboxylic acids is 1.